The molecule has 0 aliphatic rings. The van der Waals surface area contributed by atoms with Crippen LogP contribution in [0.1, 0.15) is 49.0 Å². The Morgan fingerprint density at radius 2 is 1.84 bits per heavy atom. The fourth-order valence-corrected chi connectivity index (χ4v) is 3.42. The lowest BCUT2D eigenvalue weighted by molar-refractivity contribution is 0.0904. The van der Waals surface area contributed by atoms with Crippen LogP contribution in [0, 0.1) is 6.92 Å². The van der Waals surface area contributed by atoms with Gasteiger partial charge in [-0.15, -0.1) is 11.3 Å². The first-order chi connectivity index (χ1) is 11.9. The largest absolute Gasteiger partial charge is 0.493 e. The number of methoxy groups -OCH3 is 2. The van der Waals surface area contributed by atoms with Crippen LogP contribution in [-0.2, 0) is 0 Å². The third-order valence-electron chi connectivity index (χ3n) is 4.61. The second kappa shape index (κ2) is 7.87. The van der Waals surface area contributed by atoms with Crippen molar-refractivity contribution in [3.05, 3.63) is 28.8 Å². The summed E-state index contributed by atoms with van der Waals surface area (Å²) in [6.07, 6.45) is 1.77. The zero-order chi connectivity index (χ0) is 18.6. The molecular formula is C19H26N2O3S. The molecular weight excluding hydrogens is 336 g/mol. The summed E-state index contributed by atoms with van der Waals surface area (Å²) in [7, 11) is 3.20. The number of carbonyl (C=O) groups excluding carboxylic acids is 1. The van der Waals surface area contributed by atoms with Gasteiger partial charge in [-0.05, 0) is 44.9 Å². The number of aromatic nitrogens is 1. The molecule has 0 fully saturated rings. The first-order valence-electron chi connectivity index (χ1n) is 8.39. The van der Waals surface area contributed by atoms with Crippen LogP contribution in [-0.4, -0.2) is 30.6 Å². The number of rotatable bonds is 7. The van der Waals surface area contributed by atoms with Crippen LogP contribution in [0.5, 0.6) is 11.5 Å². The molecule has 0 spiro atoms. The first kappa shape index (κ1) is 19.2. The van der Waals surface area contributed by atoms with Gasteiger partial charge in [-0.3, -0.25) is 4.79 Å². The summed E-state index contributed by atoms with van der Waals surface area (Å²) in [5.74, 6) is 1.25. The molecule has 2 rings (SSSR count). The Labute approximate surface area is 153 Å². The summed E-state index contributed by atoms with van der Waals surface area (Å²) < 4.78 is 10.6. The predicted molar refractivity (Wildman–Crippen MR) is 102 cm³/mol. The van der Waals surface area contributed by atoms with Gasteiger partial charge < -0.3 is 14.8 Å². The van der Waals surface area contributed by atoms with Crippen LogP contribution >= 0.6 is 11.3 Å². The van der Waals surface area contributed by atoms with Gasteiger partial charge in [0.2, 0.25) is 0 Å². The molecule has 1 amide bonds. The van der Waals surface area contributed by atoms with Crippen molar-refractivity contribution in [1.82, 2.24) is 10.3 Å². The predicted octanol–water partition coefficient (Wildman–Crippen LogP) is 4.44. The molecule has 1 N–H and O–H groups in total. The van der Waals surface area contributed by atoms with E-state index in [9.17, 15) is 4.79 Å². The molecule has 0 aliphatic carbocycles. The number of aryl methyl sites for hydroxylation is 1. The lowest BCUT2D eigenvalue weighted by atomic mass is 9.95. The molecule has 0 aliphatic heterocycles. The van der Waals surface area contributed by atoms with Crippen LogP contribution in [0.15, 0.2) is 18.2 Å². The first-order valence-corrected chi connectivity index (χ1v) is 9.21. The average molecular weight is 362 g/mol. The van der Waals surface area contributed by atoms with E-state index in [1.54, 1.807) is 14.2 Å². The van der Waals surface area contributed by atoms with Crippen LogP contribution < -0.4 is 14.8 Å². The molecule has 1 aromatic heterocycles. The molecule has 0 saturated carbocycles. The second-order valence-electron chi connectivity index (χ2n) is 6.23. The number of thiazole rings is 1. The number of amides is 1. The van der Waals surface area contributed by atoms with Gasteiger partial charge in [0.25, 0.3) is 5.91 Å². The van der Waals surface area contributed by atoms with Gasteiger partial charge in [0.05, 0.1) is 19.9 Å². The lowest BCUT2D eigenvalue weighted by Crippen LogP contribution is -2.44. The zero-order valence-electron chi connectivity index (χ0n) is 15.7. The van der Waals surface area contributed by atoms with Gasteiger partial charge >= 0.3 is 0 Å². The van der Waals surface area contributed by atoms with E-state index in [1.807, 2.05) is 25.1 Å². The minimum Gasteiger partial charge on any atom is -0.493 e. The summed E-state index contributed by atoms with van der Waals surface area (Å²) >= 11 is 1.40. The van der Waals surface area contributed by atoms with E-state index >= 15 is 0 Å². The van der Waals surface area contributed by atoms with Crippen molar-refractivity contribution in [3.63, 3.8) is 0 Å². The molecule has 0 radical (unpaired) electrons. The number of benzene rings is 1. The van der Waals surface area contributed by atoms with Crippen molar-refractivity contribution < 1.29 is 14.3 Å². The number of nitrogens with zero attached hydrogens (tertiary/aromatic N) is 1. The van der Waals surface area contributed by atoms with Crippen molar-refractivity contribution in [3.8, 4) is 22.1 Å². The molecule has 5 nitrogen and oxygen atoms in total. The standard InChI is InChI=1S/C19H26N2O3S/c1-7-19(4,8-2)21-17(22)16-12(3)20-18(25-16)13-9-10-14(23-5)15(11-13)24-6/h9-11H,7-8H2,1-6H3,(H,21,22). The van der Waals surface area contributed by atoms with Crippen LogP contribution in [0.4, 0.5) is 0 Å². The Kier molecular flexibility index (Phi) is 6.06. The highest BCUT2D eigenvalue weighted by Crippen LogP contribution is 2.35. The van der Waals surface area contributed by atoms with Crippen molar-refractivity contribution in [1.29, 1.82) is 0 Å². The van der Waals surface area contributed by atoms with Gasteiger partial charge in [0.15, 0.2) is 11.5 Å². The molecule has 0 bridgehead atoms. The Balaban J connectivity index is 2.32. The van der Waals surface area contributed by atoms with Gasteiger partial charge in [0, 0.05) is 11.1 Å². The van der Waals surface area contributed by atoms with Crippen LogP contribution in [0.3, 0.4) is 0 Å². The van der Waals surface area contributed by atoms with E-state index in [-0.39, 0.29) is 11.4 Å². The highest BCUT2D eigenvalue weighted by Gasteiger charge is 2.25. The summed E-state index contributed by atoms with van der Waals surface area (Å²) in [6.45, 7) is 8.10. The van der Waals surface area contributed by atoms with Gasteiger partial charge in [0.1, 0.15) is 9.88 Å². The van der Waals surface area contributed by atoms with Crippen molar-refractivity contribution in [2.45, 2.75) is 46.1 Å². The van der Waals surface area contributed by atoms with Gasteiger partial charge in [-0.2, -0.15) is 0 Å². The average Bonchev–Trinajstić information content (AvgIpc) is 3.02. The monoisotopic (exact) mass is 362 g/mol. The number of nitrogens with one attached hydrogen (secondary N) is 1. The molecule has 2 aromatic rings. The van der Waals surface area contributed by atoms with E-state index < -0.39 is 0 Å². The molecule has 1 heterocycles. The Morgan fingerprint density at radius 3 is 2.40 bits per heavy atom. The molecule has 0 atom stereocenters. The maximum Gasteiger partial charge on any atom is 0.263 e. The Bertz CT molecular complexity index is 751. The summed E-state index contributed by atoms with van der Waals surface area (Å²) in [6, 6.07) is 5.64. The number of hydrogen-bond donors (Lipinski definition) is 1. The van der Waals surface area contributed by atoms with E-state index in [0.29, 0.717) is 16.4 Å². The maximum atomic E-state index is 12.7. The van der Waals surface area contributed by atoms with Gasteiger partial charge in [-0.25, -0.2) is 4.98 Å². The van der Waals surface area contributed by atoms with Crippen LogP contribution in [0.25, 0.3) is 10.6 Å². The van der Waals surface area contributed by atoms with Crippen molar-refractivity contribution in [2.75, 3.05) is 14.2 Å². The molecule has 1 aromatic carbocycles. The van der Waals surface area contributed by atoms with E-state index in [1.165, 1.54) is 11.3 Å². The van der Waals surface area contributed by atoms with Gasteiger partial charge in [-0.1, -0.05) is 13.8 Å². The number of carbonyl (C=O) groups is 1. The smallest absolute Gasteiger partial charge is 0.263 e. The molecule has 0 saturated heterocycles. The maximum absolute atomic E-state index is 12.7. The Hall–Kier alpha value is -2.08. The number of hydrogen-bond acceptors (Lipinski definition) is 5. The second-order valence-corrected chi connectivity index (χ2v) is 7.22. The van der Waals surface area contributed by atoms with E-state index in [4.69, 9.17) is 9.47 Å². The molecule has 0 unspecified atom stereocenters. The molecule has 136 valence electrons. The zero-order valence-corrected chi connectivity index (χ0v) is 16.5. The molecule has 6 heteroatoms. The highest BCUT2D eigenvalue weighted by atomic mass is 32.1. The lowest BCUT2D eigenvalue weighted by Gasteiger charge is -2.27. The summed E-state index contributed by atoms with van der Waals surface area (Å²) in [5, 5.41) is 3.93. The third kappa shape index (κ3) is 4.12. The fraction of sp³-hybridized carbons (Fsp3) is 0.474. The fourth-order valence-electron chi connectivity index (χ4n) is 2.46. The molecule has 25 heavy (non-hydrogen) atoms. The summed E-state index contributed by atoms with van der Waals surface area (Å²) in [5.41, 5.74) is 1.44. The van der Waals surface area contributed by atoms with E-state index in [2.05, 4.69) is 31.1 Å². The van der Waals surface area contributed by atoms with Crippen molar-refractivity contribution in [2.24, 2.45) is 0 Å². The third-order valence-corrected chi connectivity index (χ3v) is 5.81. The van der Waals surface area contributed by atoms with Crippen molar-refractivity contribution >= 4 is 17.2 Å². The SMILES string of the molecule is CCC(C)(CC)NC(=O)c1sc(-c2ccc(OC)c(OC)c2)nc1C. The Morgan fingerprint density at radius 1 is 1.20 bits per heavy atom. The summed E-state index contributed by atoms with van der Waals surface area (Å²) in [4.78, 5) is 17.9. The normalized spacial score (nSPS) is 11.3. The highest BCUT2D eigenvalue weighted by molar-refractivity contribution is 7.17. The minimum absolute atomic E-state index is 0.0621. The number of ether oxygens (including phenoxy) is 2. The van der Waals surface area contributed by atoms with E-state index in [0.717, 1.165) is 29.1 Å². The topological polar surface area (TPSA) is 60.5 Å². The quantitative estimate of drug-likeness (QED) is 0.791. The van der Waals surface area contributed by atoms with Crippen LogP contribution in [0.2, 0.25) is 0 Å². The minimum atomic E-state index is -0.197.